The van der Waals surface area contributed by atoms with Crippen LogP contribution in [0.4, 0.5) is 4.39 Å². The van der Waals surface area contributed by atoms with Crippen molar-refractivity contribution in [3.8, 4) is 0 Å². The molecule has 1 aromatic carbocycles. The van der Waals surface area contributed by atoms with Gasteiger partial charge in [-0.05, 0) is 24.6 Å². The number of nitrogens with zero attached hydrogens (tertiary/aromatic N) is 2. The predicted octanol–water partition coefficient (Wildman–Crippen LogP) is 3.32. The molecule has 2 aromatic rings. The van der Waals surface area contributed by atoms with Crippen LogP contribution in [0.5, 0.6) is 0 Å². The molecule has 0 radical (unpaired) electrons. The minimum absolute atomic E-state index is 0.0824. The molecule has 0 bridgehead atoms. The van der Waals surface area contributed by atoms with Gasteiger partial charge in [-0.1, -0.05) is 35.1 Å². The summed E-state index contributed by atoms with van der Waals surface area (Å²) in [5, 5.41) is 0. The highest BCUT2D eigenvalue weighted by atomic mass is 35.5. The Morgan fingerprint density at radius 2 is 1.95 bits per heavy atom. The van der Waals surface area contributed by atoms with E-state index in [-0.39, 0.29) is 14.5 Å². The predicted molar refractivity (Wildman–Crippen MR) is 76.9 cm³/mol. The first-order valence-corrected chi connectivity index (χ1v) is 8.30. The maximum absolute atomic E-state index is 12.9. The van der Waals surface area contributed by atoms with Crippen molar-refractivity contribution in [2.45, 2.75) is 17.2 Å². The van der Waals surface area contributed by atoms with Gasteiger partial charge >= 0.3 is 0 Å². The average Bonchev–Trinajstić information content (AvgIpc) is 2.85. The number of hydrogen-bond donors (Lipinski definition) is 0. The molecule has 8 heteroatoms. The van der Waals surface area contributed by atoms with Crippen LogP contribution in [0.2, 0.25) is 4.47 Å². The number of halogens is 2. The quantitative estimate of drug-likeness (QED) is 0.861. The Kier molecular flexibility index (Phi) is 4.43. The molecule has 4 nitrogen and oxygen atoms in total. The standard InChI is InChI=1S/C12H12ClFN2O2S2/c1-8(9-3-5-10(14)6-4-9)16(2)20(17,18)11-7-15-12(13)19-11/h3-8H,1-2H3. The van der Waals surface area contributed by atoms with Gasteiger partial charge in [-0.2, -0.15) is 4.31 Å². The monoisotopic (exact) mass is 334 g/mol. The van der Waals surface area contributed by atoms with E-state index in [1.54, 1.807) is 19.1 Å². The topological polar surface area (TPSA) is 50.3 Å². The molecular formula is C12H12ClFN2O2S2. The first kappa shape index (κ1) is 15.4. The molecule has 108 valence electrons. The lowest BCUT2D eigenvalue weighted by Crippen LogP contribution is -2.29. The first-order chi connectivity index (χ1) is 9.32. The van der Waals surface area contributed by atoms with Gasteiger partial charge in [0.15, 0.2) is 8.68 Å². The minimum Gasteiger partial charge on any atom is -0.232 e. The molecule has 2 rings (SSSR count). The summed E-state index contributed by atoms with van der Waals surface area (Å²) in [6.07, 6.45) is 1.23. The van der Waals surface area contributed by atoms with Crippen molar-refractivity contribution in [1.82, 2.24) is 9.29 Å². The normalized spacial score (nSPS) is 13.7. The van der Waals surface area contributed by atoms with Gasteiger partial charge in [0.2, 0.25) is 0 Å². The second-order valence-corrected chi connectivity index (χ2v) is 8.02. The lowest BCUT2D eigenvalue weighted by molar-refractivity contribution is 0.399. The van der Waals surface area contributed by atoms with E-state index in [9.17, 15) is 12.8 Å². The molecule has 0 spiro atoms. The largest absolute Gasteiger partial charge is 0.254 e. The van der Waals surface area contributed by atoms with Crippen molar-refractivity contribution in [3.63, 3.8) is 0 Å². The number of aromatic nitrogens is 1. The summed E-state index contributed by atoms with van der Waals surface area (Å²) in [6, 6.07) is 5.30. The zero-order valence-electron chi connectivity index (χ0n) is 10.7. The van der Waals surface area contributed by atoms with Crippen LogP contribution in [0.25, 0.3) is 0 Å². The van der Waals surface area contributed by atoms with Crippen LogP contribution in [0.15, 0.2) is 34.7 Å². The highest BCUT2D eigenvalue weighted by Crippen LogP contribution is 2.30. The number of hydrogen-bond acceptors (Lipinski definition) is 4. The molecule has 0 aliphatic heterocycles. The van der Waals surface area contributed by atoms with E-state index in [0.29, 0.717) is 5.56 Å². The van der Waals surface area contributed by atoms with Crippen LogP contribution in [0.3, 0.4) is 0 Å². The molecule has 1 unspecified atom stereocenters. The SMILES string of the molecule is CC(c1ccc(F)cc1)N(C)S(=O)(=O)c1cnc(Cl)s1. The highest BCUT2D eigenvalue weighted by molar-refractivity contribution is 7.91. The van der Waals surface area contributed by atoms with E-state index in [4.69, 9.17) is 11.6 Å². The second kappa shape index (κ2) is 5.77. The van der Waals surface area contributed by atoms with Crippen LogP contribution in [-0.4, -0.2) is 24.8 Å². The third-order valence-corrected chi connectivity index (χ3v) is 6.47. The van der Waals surface area contributed by atoms with Crippen molar-refractivity contribution in [2.24, 2.45) is 0 Å². The third kappa shape index (κ3) is 3.01. The summed E-state index contributed by atoms with van der Waals surface area (Å²) in [5.41, 5.74) is 0.702. The summed E-state index contributed by atoms with van der Waals surface area (Å²) in [5.74, 6) is -0.360. The Labute approximate surface area is 125 Å². The van der Waals surface area contributed by atoms with Gasteiger partial charge in [0.1, 0.15) is 5.82 Å². The van der Waals surface area contributed by atoms with E-state index in [2.05, 4.69) is 4.98 Å². The second-order valence-electron chi connectivity index (χ2n) is 4.18. The van der Waals surface area contributed by atoms with Crippen molar-refractivity contribution in [1.29, 1.82) is 0 Å². The summed E-state index contributed by atoms with van der Waals surface area (Å²) in [4.78, 5) is 3.74. The van der Waals surface area contributed by atoms with E-state index in [0.717, 1.165) is 11.3 Å². The maximum atomic E-state index is 12.9. The Balaban J connectivity index is 2.30. The fourth-order valence-electron chi connectivity index (χ4n) is 1.66. The molecule has 0 aliphatic carbocycles. The van der Waals surface area contributed by atoms with Gasteiger partial charge in [-0.15, -0.1) is 0 Å². The molecule has 1 atom stereocenters. The van der Waals surface area contributed by atoms with Gasteiger partial charge in [0, 0.05) is 13.1 Å². The molecule has 1 heterocycles. The molecule has 0 saturated carbocycles. The van der Waals surface area contributed by atoms with Crippen molar-refractivity contribution in [2.75, 3.05) is 7.05 Å². The van der Waals surface area contributed by atoms with Crippen LogP contribution in [0, 0.1) is 5.82 Å². The van der Waals surface area contributed by atoms with Gasteiger partial charge in [0.05, 0.1) is 6.20 Å². The Morgan fingerprint density at radius 3 is 2.45 bits per heavy atom. The molecule has 0 amide bonds. The number of thiazole rings is 1. The maximum Gasteiger partial charge on any atom is 0.254 e. The van der Waals surface area contributed by atoms with Gasteiger partial charge in [-0.3, -0.25) is 0 Å². The summed E-state index contributed by atoms with van der Waals surface area (Å²) in [6.45, 7) is 1.73. The molecule has 20 heavy (non-hydrogen) atoms. The van der Waals surface area contributed by atoms with Crippen LogP contribution in [-0.2, 0) is 10.0 Å². The average molecular weight is 335 g/mol. The molecule has 0 aliphatic rings. The zero-order valence-corrected chi connectivity index (χ0v) is 13.1. The van der Waals surface area contributed by atoms with Gasteiger partial charge in [0.25, 0.3) is 10.0 Å². The molecule has 0 fully saturated rings. The number of rotatable bonds is 4. The molecule has 0 N–H and O–H groups in total. The fraction of sp³-hybridized carbons (Fsp3) is 0.250. The Morgan fingerprint density at radius 1 is 1.35 bits per heavy atom. The van der Waals surface area contributed by atoms with Crippen molar-refractivity contribution >= 4 is 33.0 Å². The lowest BCUT2D eigenvalue weighted by atomic mass is 10.1. The minimum atomic E-state index is -3.66. The fourth-order valence-corrected chi connectivity index (χ4v) is 4.49. The number of benzene rings is 1. The lowest BCUT2D eigenvalue weighted by Gasteiger charge is -2.23. The Bertz CT molecular complexity index is 701. The van der Waals surface area contributed by atoms with E-state index >= 15 is 0 Å². The molecular weight excluding hydrogens is 323 g/mol. The molecule has 0 saturated heterocycles. The van der Waals surface area contributed by atoms with Crippen LogP contribution < -0.4 is 0 Å². The van der Waals surface area contributed by atoms with Gasteiger partial charge < -0.3 is 0 Å². The highest BCUT2D eigenvalue weighted by Gasteiger charge is 2.28. The zero-order chi connectivity index (χ0) is 14.9. The van der Waals surface area contributed by atoms with E-state index in [1.165, 1.54) is 29.7 Å². The summed E-state index contributed by atoms with van der Waals surface area (Å²) >= 11 is 6.57. The molecule has 1 aromatic heterocycles. The van der Waals surface area contributed by atoms with Crippen LogP contribution >= 0.6 is 22.9 Å². The Hall–Kier alpha value is -1.02. The number of sulfonamides is 1. The first-order valence-electron chi connectivity index (χ1n) is 5.67. The van der Waals surface area contributed by atoms with Crippen molar-refractivity contribution in [3.05, 3.63) is 46.3 Å². The van der Waals surface area contributed by atoms with Crippen LogP contribution in [0.1, 0.15) is 18.5 Å². The van der Waals surface area contributed by atoms with Gasteiger partial charge in [-0.25, -0.2) is 17.8 Å². The van der Waals surface area contributed by atoms with Crippen molar-refractivity contribution < 1.29 is 12.8 Å². The van der Waals surface area contributed by atoms with E-state index in [1.807, 2.05) is 0 Å². The third-order valence-electron chi connectivity index (χ3n) is 2.99. The smallest absolute Gasteiger partial charge is 0.232 e. The summed E-state index contributed by atoms with van der Waals surface area (Å²) < 4.78 is 39.1. The summed E-state index contributed by atoms with van der Waals surface area (Å²) in [7, 11) is -2.20. The van der Waals surface area contributed by atoms with E-state index < -0.39 is 16.1 Å².